The van der Waals surface area contributed by atoms with Gasteiger partial charge in [0, 0.05) is 0 Å². The molecule has 0 amide bonds. The Labute approximate surface area is 934 Å². The first-order chi connectivity index (χ1) is 69.7. The fourth-order valence-electron chi connectivity index (χ4n) is 28.7. The van der Waals surface area contributed by atoms with E-state index in [1.165, 1.54) is 258 Å². The maximum absolute atomic E-state index is 2.17. The van der Waals surface area contributed by atoms with Crippen molar-refractivity contribution in [3.8, 4) is 0 Å². The van der Waals surface area contributed by atoms with Gasteiger partial charge in [-0.1, -0.05) is 580 Å². The molecule has 145 heavy (non-hydrogen) atoms. The third-order valence-corrected chi connectivity index (χ3v) is 31.7. The summed E-state index contributed by atoms with van der Waals surface area (Å²) in [6.07, 6.45) is 86.1. The summed E-state index contributed by atoms with van der Waals surface area (Å²) in [6, 6.07) is 0. The molecule has 23 fully saturated rings. The lowest BCUT2D eigenvalue weighted by molar-refractivity contribution is 0.0198. The van der Waals surface area contributed by atoms with Crippen molar-refractivity contribution in [3.63, 3.8) is 0 Å². The Kier molecular flexibility index (Phi) is 131. The van der Waals surface area contributed by atoms with Crippen LogP contribution >= 0.6 is 0 Å². The van der Waals surface area contributed by atoms with E-state index in [1.807, 2.05) is 194 Å². The van der Waals surface area contributed by atoms with Crippen LogP contribution < -0.4 is 0 Å². The van der Waals surface area contributed by atoms with Crippen molar-refractivity contribution in [3.05, 3.63) is 0 Å². The molecule has 23 rings (SSSR count). The predicted molar refractivity (Wildman–Crippen MR) is 688 cm³/mol. The largest absolute Gasteiger partial charge is 0.0683 e. The zero-order valence-corrected chi connectivity index (χ0v) is 114. The van der Waals surface area contributed by atoms with Crippen molar-refractivity contribution in [2.24, 2.45) is 207 Å². The first-order valence-electron chi connectivity index (χ1n) is 69.7. The minimum atomic E-state index is 0.833. The lowest BCUT2D eigenvalue weighted by Gasteiger charge is -2.49. The van der Waals surface area contributed by atoms with Crippen molar-refractivity contribution in [1.82, 2.24) is 0 Å². The van der Waals surface area contributed by atoms with Crippen molar-refractivity contribution in [2.45, 2.75) is 734 Å². The van der Waals surface area contributed by atoms with E-state index in [-0.39, 0.29) is 0 Å². The summed E-state index contributed by atoms with van der Waals surface area (Å²) in [4.78, 5) is 0. The van der Waals surface area contributed by atoms with E-state index in [1.54, 1.807) is 238 Å². The highest BCUT2D eigenvalue weighted by Gasteiger charge is 2.61. The molecule has 16 bridgehead atoms. The molecule has 23 aliphatic rings. The molecule has 0 aromatic carbocycles. The average molecular weight is 2050 g/mol. The van der Waals surface area contributed by atoms with Gasteiger partial charge in [0.1, 0.15) is 0 Å². The lowest BCUT2D eigenvalue weighted by atomic mass is 9.56. The van der Waals surface area contributed by atoms with Gasteiger partial charge in [0.2, 0.25) is 0 Å². The molecule has 0 N–H and O–H groups in total. The molecule has 0 heteroatoms. The minimum absolute atomic E-state index is 0.833. The fraction of sp³-hybridized carbons (Fsp3) is 1.00. The van der Waals surface area contributed by atoms with Crippen LogP contribution in [0.2, 0.25) is 0 Å². The summed E-state index contributed by atoms with van der Waals surface area (Å²) in [5, 5.41) is 0. The van der Waals surface area contributed by atoms with Crippen LogP contribution in [-0.2, 0) is 0 Å². The number of hydrogen-bond acceptors (Lipinski definition) is 0. The van der Waals surface area contributed by atoms with Gasteiger partial charge in [0.05, 0.1) is 0 Å². The third-order valence-electron chi connectivity index (χ3n) is 31.7. The number of hydrogen-bond donors (Lipinski definition) is 0. The maximum atomic E-state index is 2.17. The number of rotatable bonds is 0. The van der Waals surface area contributed by atoms with E-state index in [4.69, 9.17) is 0 Å². The molecule has 14 unspecified atom stereocenters. The molecule has 0 spiro atoms. The summed E-state index contributed by atoms with van der Waals surface area (Å²) in [5.41, 5.74) is 0. The molecule has 0 radical (unpaired) electrons. The van der Waals surface area contributed by atoms with E-state index >= 15 is 0 Å². The maximum Gasteiger partial charge on any atom is -0.0323 e. The van der Waals surface area contributed by atoms with Gasteiger partial charge in [0.15, 0.2) is 0 Å². The molecular formula is C145H310. The van der Waals surface area contributed by atoms with E-state index in [0.29, 0.717) is 0 Å². The molecule has 0 heterocycles. The van der Waals surface area contributed by atoms with Gasteiger partial charge in [-0.2, -0.15) is 0 Å². The molecule has 0 aliphatic heterocycles. The summed E-state index contributed by atoms with van der Waals surface area (Å²) < 4.78 is 0. The molecule has 14 atom stereocenters. The van der Waals surface area contributed by atoms with Crippen LogP contribution in [0, 0.1) is 207 Å². The Balaban J connectivity index is -0.000000166. The molecular weight excluding hydrogens is 1740 g/mol. The van der Waals surface area contributed by atoms with Crippen LogP contribution in [0.3, 0.4) is 0 Å². The molecule has 23 aliphatic carbocycles. The van der Waals surface area contributed by atoms with Gasteiger partial charge in [-0.3, -0.25) is 0 Å². The Morgan fingerprint density at radius 1 is 0.0966 bits per heavy atom. The van der Waals surface area contributed by atoms with Crippen LogP contribution in [0.25, 0.3) is 0 Å². The summed E-state index contributed by atoms with van der Waals surface area (Å²) in [6.45, 7) is 115. The van der Waals surface area contributed by atoms with Crippen LogP contribution in [0.1, 0.15) is 734 Å². The second-order valence-electron chi connectivity index (χ2n) is 51.5. The van der Waals surface area contributed by atoms with Crippen molar-refractivity contribution >= 4 is 0 Å². The van der Waals surface area contributed by atoms with Crippen molar-refractivity contribution in [1.29, 1.82) is 0 Å². The van der Waals surface area contributed by atoms with E-state index < -0.39 is 0 Å². The first kappa shape index (κ1) is 165. The SMILES string of the molecule is C1C2CC3CC1CC(C2)C3.C1CC2C3CCC(C3)C2C1.C1CC2CC1C1C3CCC(C3)C21.C1CC2CC1C1C3CCC(C3)C21.C1CC2CCC1C2.C1CCC2CCCC2C1.C1CCC2CCCCC2C1.C1CCCC1.C1CCCCC1.CC.CC.CC.CC.CC.CC.CC.CC.CC.CC.CC.CC.CC.CC.CC(C)C.CC(C)C.CC(C)C.CC(C)C.CC(C)C.CC(C)C.CC(C)C.CC(C)C.CC(C)C. The quantitative estimate of drug-likeness (QED) is 0.212. The van der Waals surface area contributed by atoms with Crippen LogP contribution in [0.4, 0.5) is 0 Å². The zero-order valence-electron chi connectivity index (χ0n) is 114. The van der Waals surface area contributed by atoms with Gasteiger partial charge in [0.25, 0.3) is 0 Å². The Morgan fingerprint density at radius 2 is 0.207 bits per heavy atom. The fourth-order valence-corrected chi connectivity index (χ4v) is 28.7. The first-order valence-corrected chi connectivity index (χ1v) is 69.7. The summed E-state index contributed by atoms with van der Waals surface area (Å²) in [7, 11) is 0. The van der Waals surface area contributed by atoms with Gasteiger partial charge in [-0.25, -0.2) is 0 Å². The van der Waals surface area contributed by atoms with E-state index in [2.05, 4.69) is 187 Å². The molecule has 23 saturated carbocycles. The Hall–Kier alpha value is 0. The van der Waals surface area contributed by atoms with E-state index in [0.717, 1.165) is 65.1 Å². The standard InChI is InChI=1S/2C12H18.2C10H16.C10H18.C9H16.C7H12.C6H12.C5H10.9C4H10.14C2H6/c2*1-2-8-5-7(1)11-9-3-4-10(6-9)12(8)11;1-7-2-9-4-8(1)5-10(3-7)6-9;1-2-9-7-4-5-8(6-7)10(9)3-1;1-2-6-10-8-4-3-7-9(10)5-1;1-2-5-9-7-3-6-8(9)4-1;1-2-7-4-3-6(1)5-7;1-2-4-6-5-3-1;1-2-4-5-3-1;9*1-4(2)3;14*1-2/h2*7-12H,1-6H2;2*7-10H,1-6H2;9-10H,1-8H2;8-9H,1-7H2;6-7H,1-5H2;1-6H2;1-5H2;9*4H,1-3H3;14*1-2H3. The minimum Gasteiger partial charge on any atom is -0.0683 e. The normalized spacial score (nSPS) is 31.3. The molecule has 0 nitrogen and oxygen atoms in total. The second kappa shape index (κ2) is 115. The van der Waals surface area contributed by atoms with Crippen LogP contribution in [-0.4, -0.2) is 0 Å². The van der Waals surface area contributed by atoms with Crippen LogP contribution in [0.15, 0.2) is 0 Å². The zero-order chi connectivity index (χ0) is 114. The molecule has 0 saturated heterocycles. The van der Waals surface area contributed by atoms with Gasteiger partial charge >= 0.3 is 0 Å². The Morgan fingerprint density at radius 3 is 0.338 bits per heavy atom. The third kappa shape index (κ3) is 83.0. The van der Waals surface area contributed by atoms with Crippen molar-refractivity contribution in [2.75, 3.05) is 0 Å². The molecule has 0 aromatic rings. The molecule has 890 valence electrons. The smallest absolute Gasteiger partial charge is 0.0323 e. The number of fused-ring (bicyclic) bond motifs is 27. The van der Waals surface area contributed by atoms with Gasteiger partial charge in [-0.05, 0) is 361 Å². The lowest BCUT2D eigenvalue weighted by Crippen LogP contribution is -2.38. The van der Waals surface area contributed by atoms with Gasteiger partial charge in [-0.15, -0.1) is 0 Å². The topological polar surface area (TPSA) is 0 Å². The Bertz CT molecular complexity index is 1920. The van der Waals surface area contributed by atoms with Gasteiger partial charge < -0.3 is 0 Å². The summed E-state index contributed by atoms with van der Waals surface area (Å²) >= 11 is 0. The second-order valence-corrected chi connectivity index (χ2v) is 51.5. The highest BCUT2D eigenvalue weighted by molar-refractivity contribution is 5.10. The highest BCUT2D eigenvalue weighted by Crippen LogP contribution is 2.69. The highest BCUT2D eigenvalue weighted by atomic mass is 14.7. The van der Waals surface area contributed by atoms with E-state index in [9.17, 15) is 0 Å². The monoisotopic (exact) mass is 2050 g/mol. The predicted octanol–water partition coefficient (Wildman–Crippen LogP) is 54.0. The summed E-state index contributed by atoms with van der Waals surface area (Å²) in [5.74, 6) is 38.6. The molecule has 0 aromatic heterocycles. The average Bonchev–Trinajstić information content (AvgIpc) is 1.57. The van der Waals surface area contributed by atoms with Crippen LogP contribution in [0.5, 0.6) is 0 Å². The van der Waals surface area contributed by atoms with Crippen molar-refractivity contribution < 1.29 is 0 Å².